The minimum absolute atomic E-state index is 0.0308. The summed E-state index contributed by atoms with van der Waals surface area (Å²) >= 11 is 0. The highest BCUT2D eigenvalue weighted by Gasteiger charge is 2.33. The molecule has 2 aromatic rings. The Morgan fingerprint density at radius 3 is 2.44 bits per heavy atom. The predicted molar refractivity (Wildman–Crippen MR) is 98.0 cm³/mol. The van der Waals surface area contributed by atoms with Crippen LogP contribution in [0.4, 0.5) is 0 Å². The minimum Gasteiger partial charge on any atom is -0.352 e. The Morgan fingerprint density at radius 2 is 1.76 bits per heavy atom. The molecule has 2 aromatic carbocycles. The SMILES string of the molecule is CCc1ccc(CCC(=O)N2CCNC(=O)C2c2ccccc2)cc1. The second-order valence-corrected chi connectivity index (χ2v) is 6.36. The summed E-state index contributed by atoms with van der Waals surface area (Å²) < 4.78 is 0. The van der Waals surface area contributed by atoms with Gasteiger partial charge in [-0.25, -0.2) is 0 Å². The van der Waals surface area contributed by atoms with E-state index in [-0.39, 0.29) is 11.8 Å². The quantitative estimate of drug-likeness (QED) is 0.913. The van der Waals surface area contributed by atoms with Gasteiger partial charge < -0.3 is 10.2 Å². The maximum atomic E-state index is 12.8. The molecule has 0 aromatic heterocycles. The van der Waals surface area contributed by atoms with Gasteiger partial charge in [0.2, 0.25) is 11.8 Å². The molecule has 1 aliphatic rings. The van der Waals surface area contributed by atoms with Crippen molar-refractivity contribution in [3.63, 3.8) is 0 Å². The highest BCUT2D eigenvalue weighted by Crippen LogP contribution is 2.24. The van der Waals surface area contributed by atoms with Crippen molar-refractivity contribution in [2.45, 2.75) is 32.2 Å². The van der Waals surface area contributed by atoms with E-state index in [1.54, 1.807) is 4.90 Å². The Bertz CT molecular complexity index is 725. The summed E-state index contributed by atoms with van der Waals surface area (Å²) in [6.07, 6.45) is 2.13. The predicted octanol–water partition coefficient (Wildman–Crippen LogP) is 2.88. The molecule has 1 N–H and O–H groups in total. The molecule has 3 rings (SSSR count). The summed E-state index contributed by atoms with van der Waals surface area (Å²) in [7, 11) is 0. The molecule has 1 saturated heterocycles. The van der Waals surface area contributed by atoms with Gasteiger partial charge in [-0.05, 0) is 29.5 Å². The summed E-state index contributed by atoms with van der Waals surface area (Å²) in [4.78, 5) is 26.8. The Kier molecular flexibility index (Phi) is 5.49. The van der Waals surface area contributed by atoms with Gasteiger partial charge in [-0.3, -0.25) is 9.59 Å². The van der Waals surface area contributed by atoms with Gasteiger partial charge in [-0.1, -0.05) is 61.5 Å². The van der Waals surface area contributed by atoms with Gasteiger partial charge in [0.1, 0.15) is 6.04 Å². The van der Waals surface area contributed by atoms with E-state index in [0.717, 1.165) is 17.5 Å². The van der Waals surface area contributed by atoms with E-state index in [9.17, 15) is 9.59 Å². The van der Waals surface area contributed by atoms with Gasteiger partial charge >= 0.3 is 0 Å². The molecule has 4 heteroatoms. The fourth-order valence-electron chi connectivity index (χ4n) is 3.24. The third-order valence-corrected chi connectivity index (χ3v) is 4.71. The van der Waals surface area contributed by atoms with E-state index in [1.807, 2.05) is 30.3 Å². The Morgan fingerprint density at radius 1 is 1.08 bits per heavy atom. The molecule has 0 bridgehead atoms. The van der Waals surface area contributed by atoms with Crippen molar-refractivity contribution in [3.8, 4) is 0 Å². The number of amides is 2. The zero-order valence-electron chi connectivity index (χ0n) is 14.6. The third-order valence-electron chi connectivity index (χ3n) is 4.71. The van der Waals surface area contributed by atoms with Crippen LogP contribution in [-0.2, 0) is 22.4 Å². The van der Waals surface area contributed by atoms with Gasteiger partial charge in [0.25, 0.3) is 0 Å². The van der Waals surface area contributed by atoms with E-state index < -0.39 is 6.04 Å². The largest absolute Gasteiger partial charge is 0.352 e. The van der Waals surface area contributed by atoms with Crippen LogP contribution in [0.3, 0.4) is 0 Å². The molecule has 2 amide bonds. The van der Waals surface area contributed by atoms with Crippen molar-refractivity contribution in [3.05, 3.63) is 71.3 Å². The van der Waals surface area contributed by atoms with Crippen LogP contribution in [0.25, 0.3) is 0 Å². The average Bonchev–Trinajstić information content (AvgIpc) is 2.67. The third kappa shape index (κ3) is 4.08. The first-order valence-corrected chi connectivity index (χ1v) is 8.89. The molecule has 130 valence electrons. The van der Waals surface area contributed by atoms with Crippen LogP contribution in [0.1, 0.15) is 36.1 Å². The summed E-state index contributed by atoms with van der Waals surface area (Å²) in [5, 5.41) is 2.87. The van der Waals surface area contributed by atoms with Crippen LogP contribution in [0.2, 0.25) is 0 Å². The maximum Gasteiger partial charge on any atom is 0.247 e. The lowest BCUT2D eigenvalue weighted by Gasteiger charge is -2.35. The number of carbonyl (C=O) groups excluding carboxylic acids is 2. The number of piperazine rings is 1. The molecule has 1 heterocycles. The summed E-state index contributed by atoms with van der Waals surface area (Å²) in [6.45, 7) is 3.20. The number of aryl methyl sites for hydroxylation is 2. The van der Waals surface area contributed by atoms with Crippen molar-refractivity contribution in [1.82, 2.24) is 10.2 Å². The molecule has 0 spiro atoms. The molecule has 25 heavy (non-hydrogen) atoms. The minimum atomic E-state index is -0.523. The zero-order valence-corrected chi connectivity index (χ0v) is 14.6. The van der Waals surface area contributed by atoms with Crippen molar-refractivity contribution < 1.29 is 9.59 Å². The van der Waals surface area contributed by atoms with E-state index in [1.165, 1.54) is 5.56 Å². The first-order chi connectivity index (χ1) is 12.2. The lowest BCUT2D eigenvalue weighted by molar-refractivity contribution is -0.143. The summed E-state index contributed by atoms with van der Waals surface area (Å²) in [5.74, 6) is -0.0682. The van der Waals surface area contributed by atoms with Crippen molar-refractivity contribution in [2.24, 2.45) is 0 Å². The molecule has 0 radical (unpaired) electrons. The normalized spacial score (nSPS) is 17.2. The number of carbonyl (C=O) groups is 2. The molecule has 1 aliphatic heterocycles. The van der Waals surface area contributed by atoms with Crippen LogP contribution >= 0.6 is 0 Å². The van der Waals surface area contributed by atoms with Gasteiger partial charge in [0.15, 0.2) is 0 Å². The molecular weight excluding hydrogens is 312 g/mol. The fraction of sp³-hybridized carbons (Fsp3) is 0.333. The van der Waals surface area contributed by atoms with E-state index in [4.69, 9.17) is 0 Å². The number of hydrogen-bond acceptors (Lipinski definition) is 2. The number of hydrogen-bond donors (Lipinski definition) is 1. The lowest BCUT2D eigenvalue weighted by atomic mass is 10.0. The van der Waals surface area contributed by atoms with Crippen molar-refractivity contribution in [2.75, 3.05) is 13.1 Å². The summed E-state index contributed by atoms with van der Waals surface area (Å²) in [5.41, 5.74) is 3.32. The average molecular weight is 336 g/mol. The smallest absolute Gasteiger partial charge is 0.247 e. The Balaban J connectivity index is 1.69. The number of nitrogens with zero attached hydrogens (tertiary/aromatic N) is 1. The first-order valence-electron chi connectivity index (χ1n) is 8.89. The number of nitrogens with one attached hydrogen (secondary N) is 1. The second kappa shape index (κ2) is 7.97. The van der Waals surface area contributed by atoms with Gasteiger partial charge in [-0.15, -0.1) is 0 Å². The topological polar surface area (TPSA) is 49.4 Å². The Hall–Kier alpha value is -2.62. The van der Waals surface area contributed by atoms with E-state index in [2.05, 4.69) is 36.5 Å². The van der Waals surface area contributed by atoms with E-state index >= 15 is 0 Å². The molecule has 0 aliphatic carbocycles. The highest BCUT2D eigenvalue weighted by atomic mass is 16.2. The van der Waals surface area contributed by atoms with Crippen molar-refractivity contribution >= 4 is 11.8 Å². The van der Waals surface area contributed by atoms with Crippen LogP contribution in [-0.4, -0.2) is 29.8 Å². The molecule has 1 atom stereocenters. The Labute approximate surface area is 148 Å². The molecule has 1 fully saturated rings. The van der Waals surface area contributed by atoms with Gasteiger partial charge in [-0.2, -0.15) is 0 Å². The van der Waals surface area contributed by atoms with Crippen LogP contribution < -0.4 is 5.32 Å². The van der Waals surface area contributed by atoms with E-state index in [0.29, 0.717) is 25.9 Å². The van der Waals surface area contributed by atoms with Gasteiger partial charge in [0.05, 0.1) is 0 Å². The maximum absolute atomic E-state index is 12.8. The molecule has 1 unspecified atom stereocenters. The lowest BCUT2D eigenvalue weighted by Crippen LogP contribution is -2.52. The summed E-state index contributed by atoms with van der Waals surface area (Å²) in [6, 6.07) is 17.4. The monoisotopic (exact) mass is 336 g/mol. The van der Waals surface area contributed by atoms with Crippen molar-refractivity contribution in [1.29, 1.82) is 0 Å². The highest BCUT2D eigenvalue weighted by molar-refractivity contribution is 5.89. The fourth-order valence-corrected chi connectivity index (χ4v) is 3.24. The number of rotatable bonds is 5. The van der Waals surface area contributed by atoms with Crippen LogP contribution in [0.5, 0.6) is 0 Å². The molecule has 0 saturated carbocycles. The van der Waals surface area contributed by atoms with Gasteiger partial charge in [0, 0.05) is 19.5 Å². The molecule has 4 nitrogen and oxygen atoms in total. The standard InChI is InChI=1S/C21H24N2O2/c1-2-16-8-10-17(11-9-16)12-13-19(24)23-15-14-22-21(25)20(23)18-6-4-3-5-7-18/h3-11,20H,2,12-15H2,1H3,(H,22,25). The zero-order chi connectivity index (χ0) is 17.6. The number of benzene rings is 2. The first kappa shape index (κ1) is 17.2. The molecular formula is C21H24N2O2. The van der Waals surface area contributed by atoms with Crippen LogP contribution in [0, 0.1) is 0 Å². The second-order valence-electron chi connectivity index (χ2n) is 6.36. The van der Waals surface area contributed by atoms with Crippen LogP contribution in [0.15, 0.2) is 54.6 Å².